The van der Waals surface area contributed by atoms with Gasteiger partial charge >= 0.3 is 5.97 Å². The largest absolute Gasteiger partial charge is 0.480 e. The first-order chi connectivity index (χ1) is 10.9. The quantitative estimate of drug-likeness (QED) is 0.886. The third kappa shape index (κ3) is 2.17. The molecule has 7 heteroatoms. The summed E-state index contributed by atoms with van der Waals surface area (Å²) in [6, 6.07) is 5.23. The maximum absolute atomic E-state index is 12.7. The normalized spacial score (nSPS) is 22.7. The topological polar surface area (TPSA) is 104 Å². The van der Waals surface area contributed by atoms with E-state index in [4.69, 9.17) is 8.83 Å². The van der Waals surface area contributed by atoms with Gasteiger partial charge in [-0.25, -0.2) is 4.79 Å². The van der Waals surface area contributed by atoms with Gasteiger partial charge in [0.15, 0.2) is 5.76 Å². The molecule has 0 saturated heterocycles. The molecule has 0 amide bonds. The van der Waals surface area contributed by atoms with Crippen molar-refractivity contribution < 1.29 is 28.6 Å². The van der Waals surface area contributed by atoms with E-state index in [0.717, 1.165) is 4.90 Å². The highest BCUT2D eigenvalue weighted by Gasteiger charge is 2.53. The van der Waals surface area contributed by atoms with Gasteiger partial charge in [0.1, 0.15) is 11.8 Å². The standard InChI is InChI=1S/C16H15NO6/c1-9(15(19)20)17-13(11-6-4-8-23-11)12(10-5-3-7-22-10)14(18)16(17,2)21/h3-9,21H,1-2H3,(H,19,20)/t9-,16-/m0/s1. The molecule has 1 aliphatic rings. The van der Waals surface area contributed by atoms with Gasteiger partial charge in [0, 0.05) is 0 Å². The number of nitrogens with zero attached hydrogens (tertiary/aromatic N) is 1. The summed E-state index contributed by atoms with van der Waals surface area (Å²) in [5, 5.41) is 20.0. The number of ketones is 1. The van der Waals surface area contributed by atoms with E-state index in [-0.39, 0.29) is 22.8 Å². The van der Waals surface area contributed by atoms with Gasteiger partial charge in [0.05, 0.1) is 23.8 Å². The minimum Gasteiger partial charge on any atom is -0.480 e. The molecule has 2 N–H and O–H groups in total. The maximum atomic E-state index is 12.7. The van der Waals surface area contributed by atoms with Crippen LogP contribution >= 0.6 is 0 Å². The molecule has 0 bridgehead atoms. The third-order valence-electron chi connectivity index (χ3n) is 3.87. The van der Waals surface area contributed by atoms with Gasteiger partial charge in [-0.05, 0) is 38.1 Å². The Balaban J connectivity index is 2.29. The SMILES string of the molecule is C[C@@H](C(=O)O)N1C(c2ccco2)=C(c2ccco2)C(=O)[C@]1(C)O. The van der Waals surface area contributed by atoms with Crippen molar-refractivity contribution in [1.82, 2.24) is 4.90 Å². The molecule has 0 saturated carbocycles. The molecule has 2 aromatic rings. The summed E-state index contributed by atoms with van der Waals surface area (Å²) >= 11 is 0. The lowest BCUT2D eigenvalue weighted by atomic mass is 10.0. The number of rotatable bonds is 4. The summed E-state index contributed by atoms with van der Waals surface area (Å²) in [7, 11) is 0. The first-order valence-corrected chi connectivity index (χ1v) is 6.97. The summed E-state index contributed by atoms with van der Waals surface area (Å²) in [5.41, 5.74) is -1.75. The summed E-state index contributed by atoms with van der Waals surface area (Å²) in [6.07, 6.45) is 2.80. The summed E-state index contributed by atoms with van der Waals surface area (Å²) in [5.74, 6) is -1.31. The van der Waals surface area contributed by atoms with Crippen LogP contribution in [0.1, 0.15) is 25.4 Å². The number of aliphatic hydroxyl groups is 1. The maximum Gasteiger partial charge on any atom is 0.326 e. The zero-order valence-corrected chi connectivity index (χ0v) is 12.5. The second-order valence-corrected chi connectivity index (χ2v) is 5.41. The molecule has 0 aromatic carbocycles. The number of carbonyl (C=O) groups is 2. The summed E-state index contributed by atoms with van der Waals surface area (Å²) in [6.45, 7) is 2.64. The van der Waals surface area contributed by atoms with E-state index in [1.54, 1.807) is 24.3 Å². The highest BCUT2D eigenvalue weighted by molar-refractivity contribution is 6.33. The summed E-state index contributed by atoms with van der Waals surface area (Å²) in [4.78, 5) is 25.3. The lowest BCUT2D eigenvalue weighted by Gasteiger charge is -2.35. The van der Waals surface area contributed by atoms with Crippen molar-refractivity contribution in [3.8, 4) is 0 Å². The number of carbonyl (C=O) groups excluding carboxylic acids is 1. The second-order valence-electron chi connectivity index (χ2n) is 5.41. The molecule has 2 atom stereocenters. The molecule has 0 radical (unpaired) electrons. The molecule has 120 valence electrons. The molecule has 3 rings (SSSR count). The van der Waals surface area contributed by atoms with Crippen LogP contribution in [0.2, 0.25) is 0 Å². The smallest absolute Gasteiger partial charge is 0.326 e. The van der Waals surface area contributed by atoms with Crippen LogP contribution in [-0.4, -0.2) is 38.6 Å². The van der Waals surface area contributed by atoms with E-state index >= 15 is 0 Å². The fourth-order valence-electron chi connectivity index (χ4n) is 2.78. The lowest BCUT2D eigenvalue weighted by Crippen LogP contribution is -2.52. The van der Waals surface area contributed by atoms with E-state index < -0.39 is 23.5 Å². The molecular weight excluding hydrogens is 302 g/mol. The van der Waals surface area contributed by atoms with Crippen molar-refractivity contribution >= 4 is 23.0 Å². The number of carboxylic acids is 1. The van der Waals surface area contributed by atoms with Crippen molar-refractivity contribution in [3.63, 3.8) is 0 Å². The van der Waals surface area contributed by atoms with Crippen molar-refractivity contribution in [3.05, 3.63) is 48.3 Å². The third-order valence-corrected chi connectivity index (χ3v) is 3.87. The van der Waals surface area contributed by atoms with Crippen LogP contribution in [0.4, 0.5) is 0 Å². The Morgan fingerprint density at radius 3 is 2.26 bits per heavy atom. The fraction of sp³-hybridized carbons (Fsp3) is 0.250. The molecule has 0 unspecified atom stereocenters. The van der Waals surface area contributed by atoms with E-state index in [2.05, 4.69) is 0 Å². The van der Waals surface area contributed by atoms with Crippen LogP contribution in [0.3, 0.4) is 0 Å². The molecule has 2 aromatic heterocycles. The van der Waals surface area contributed by atoms with Crippen molar-refractivity contribution in [2.75, 3.05) is 0 Å². The van der Waals surface area contributed by atoms with Crippen molar-refractivity contribution in [2.45, 2.75) is 25.6 Å². The predicted molar refractivity (Wildman–Crippen MR) is 78.8 cm³/mol. The minimum atomic E-state index is -2.03. The van der Waals surface area contributed by atoms with Gasteiger partial charge in [-0.1, -0.05) is 0 Å². The number of Topliss-reactive ketones (excluding diaryl/α,β-unsaturated/α-hetero) is 1. The van der Waals surface area contributed by atoms with Crippen LogP contribution in [0.15, 0.2) is 45.6 Å². The Bertz CT molecular complexity index is 770. The van der Waals surface area contributed by atoms with Crippen LogP contribution in [0, 0.1) is 0 Å². The first kappa shape index (κ1) is 15.1. The molecule has 7 nitrogen and oxygen atoms in total. The molecular formula is C16H15NO6. The van der Waals surface area contributed by atoms with Gasteiger partial charge < -0.3 is 23.9 Å². The Morgan fingerprint density at radius 2 is 1.78 bits per heavy atom. The molecule has 23 heavy (non-hydrogen) atoms. The van der Waals surface area contributed by atoms with Gasteiger partial charge in [-0.3, -0.25) is 4.79 Å². The average molecular weight is 317 g/mol. The van der Waals surface area contributed by atoms with Gasteiger partial charge in [0.25, 0.3) is 0 Å². The zero-order valence-electron chi connectivity index (χ0n) is 12.5. The second kappa shape index (κ2) is 5.13. The van der Waals surface area contributed by atoms with Crippen molar-refractivity contribution in [1.29, 1.82) is 0 Å². The number of aliphatic carboxylic acids is 1. The van der Waals surface area contributed by atoms with E-state index in [1.165, 1.54) is 26.4 Å². The zero-order chi connectivity index (χ0) is 16.8. The minimum absolute atomic E-state index is 0.0862. The van der Waals surface area contributed by atoms with Crippen LogP contribution in [-0.2, 0) is 9.59 Å². The highest BCUT2D eigenvalue weighted by atomic mass is 16.4. The highest BCUT2D eigenvalue weighted by Crippen LogP contribution is 2.44. The van der Waals surface area contributed by atoms with Gasteiger partial charge in [-0.15, -0.1) is 0 Å². The molecule has 0 aliphatic carbocycles. The first-order valence-electron chi connectivity index (χ1n) is 6.97. The Labute approximate surface area is 131 Å². The monoisotopic (exact) mass is 317 g/mol. The lowest BCUT2D eigenvalue weighted by molar-refractivity contribution is -0.155. The van der Waals surface area contributed by atoms with E-state index in [0.29, 0.717) is 0 Å². The number of carboxylic acid groups (broad SMARTS) is 1. The van der Waals surface area contributed by atoms with Crippen LogP contribution < -0.4 is 0 Å². The number of hydrogen-bond acceptors (Lipinski definition) is 6. The van der Waals surface area contributed by atoms with Crippen molar-refractivity contribution in [2.24, 2.45) is 0 Å². The Morgan fingerprint density at radius 1 is 1.22 bits per heavy atom. The van der Waals surface area contributed by atoms with Crippen LogP contribution in [0.25, 0.3) is 11.3 Å². The van der Waals surface area contributed by atoms with Gasteiger partial charge in [-0.2, -0.15) is 0 Å². The fourth-order valence-corrected chi connectivity index (χ4v) is 2.78. The number of hydrogen-bond donors (Lipinski definition) is 2. The molecule has 3 heterocycles. The molecule has 0 fully saturated rings. The number of furan rings is 2. The Hall–Kier alpha value is -2.80. The predicted octanol–water partition coefficient (Wildman–Crippen LogP) is 1.81. The Kier molecular flexibility index (Phi) is 3.37. The molecule has 1 aliphatic heterocycles. The van der Waals surface area contributed by atoms with Gasteiger partial charge in [0.2, 0.25) is 11.5 Å². The van der Waals surface area contributed by atoms with E-state index in [1.807, 2.05) is 0 Å². The average Bonchev–Trinajstić information content (AvgIpc) is 3.20. The molecule has 0 spiro atoms. The van der Waals surface area contributed by atoms with E-state index in [9.17, 15) is 19.8 Å². The van der Waals surface area contributed by atoms with Crippen LogP contribution in [0.5, 0.6) is 0 Å². The summed E-state index contributed by atoms with van der Waals surface area (Å²) < 4.78 is 10.6.